The van der Waals surface area contributed by atoms with Crippen LogP contribution < -0.4 is 11.1 Å². The van der Waals surface area contributed by atoms with E-state index < -0.39 is 0 Å². The Morgan fingerprint density at radius 1 is 1.47 bits per heavy atom. The molecule has 0 radical (unpaired) electrons. The maximum Gasteiger partial charge on any atom is 0.234 e. The van der Waals surface area contributed by atoms with Crippen molar-refractivity contribution in [2.45, 2.75) is 39.7 Å². The van der Waals surface area contributed by atoms with E-state index in [1.165, 1.54) is 6.42 Å². The number of nitrogens with one attached hydrogen (secondary N) is 1. The first kappa shape index (κ1) is 14.5. The zero-order chi connectivity index (χ0) is 12.8. The van der Waals surface area contributed by atoms with Crippen LogP contribution in [0, 0.1) is 11.8 Å². The largest absolute Gasteiger partial charge is 0.355 e. The Hall–Kier alpha value is -0.610. The Kier molecular flexibility index (Phi) is 5.92. The zero-order valence-electron chi connectivity index (χ0n) is 11.4. The van der Waals surface area contributed by atoms with Crippen molar-refractivity contribution in [1.82, 2.24) is 10.2 Å². The number of piperidine rings is 1. The number of carbonyl (C=O) groups excluding carboxylic acids is 1. The average Bonchev–Trinajstić information content (AvgIpc) is 2.29. The number of nitrogens with two attached hydrogens (primary N) is 1. The van der Waals surface area contributed by atoms with Crippen molar-refractivity contribution >= 4 is 5.91 Å². The van der Waals surface area contributed by atoms with Crippen LogP contribution in [0.3, 0.4) is 0 Å². The van der Waals surface area contributed by atoms with Crippen molar-refractivity contribution < 1.29 is 4.79 Å². The van der Waals surface area contributed by atoms with Crippen LogP contribution in [0.2, 0.25) is 0 Å². The fraction of sp³-hybridized carbons (Fsp3) is 0.923. The molecule has 0 aromatic heterocycles. The van der Waals surface area contributed by atoms with E-state index in [1.807, 2.05) is 0 Å². The number of likely N-dealkylation sites (tertiary alicyclic amines) is 1. The van der Waals surface area contributed by atoms with Gasteiger partial charge in [-0.1, -0.05) is 13.8 Å². The van der Waals surface area contributed by atoms with Crippen LogP contribution in [0.1, 0.15) is 33.6 Å². The van der Waals surface area contributed by atoms with Gasteiger partial charge >= 0.3 is 0 Å². The van der Waals surface area contributed by atoms with Crippen molar-refractivity contribution in [3.63, 3.8) is 0 Å². The molecule has 1 fully saturated rings. The molecule has 1 saturated heterocycles. The molecule has 2 unspecified atom stereocenters. The quantitative estimate of drug-likeness (QED) is 0.749. The van der Waals surface area contributed by atoms with Gasteiger partial charge in [0.05, 0.1) is 6.54 Å². The Balaban J connectivity index is 2.35. The summed E-state index contributed by atoms with van der Waals surface area (Å²) in [5.74, 6) is 1.21. The summed E-state index contributed by atoms with van der Waals surface area (Å²) in [7, 11) is 0. The fourth-order valence-corrected chi connectivity index (χ4v) is 2.23. The van der Waals surface area contributed by atoms with E-state index in [1.54, 1.807) is 0 Å². The molecule has 3 N–H and O–H groups in total. The highest BCUT2D eigenvalue weighted by atomic mass is 16.2. The molecular weight excluding hydrogens is 214 g/mol. The maximum atomic E-state index is 11.8. The number of rotatable bonds is 5. The SMILES string of the molecule is CC(C)CNC(=O)CN1CC(CN)CCC1C. The van der Waals surface area contributed by atoms with E-state index in [0.29, 0.717) is 24.4 Å². The highest BCUT2D eigenvalue weighted by molar-refractivity contribution is 5.78. The van der Waals surface area contributed by atoms with Gasteiger partial charge in [-0.3, -0.25) is 9.69 Å². The van der Waals surface area contributed by atoms with Crippen LogP contribution >= 0.6 is 0 Å². The molecule has 0 bridgehead atoms. The van der Waals surface area contributed by atoms with E-state index in [0.717, 1.165) is 26.1 Å². The van der Waals surface area contributed by atoms with E-state index in [4.69, 9.17) is 5.73 Å². The molecule has 0 saturated carbocycles. The molecule has 0 aliphatic carbocycles. The molecular formula is C13H27N3O. The first-order valence-electron chi connectivity index (χ1n) is 6.73. The molecule has 1 heterocycles. The molecule has 0 aromatic carbocycles. The van der Waals surface area contributed by atoms with Gasteiger partial charge in [-0.05, 0) is 38.1 Å². The molecule has 1 aliphatic rings. The second kappa shape index (κ2) is 6.97. The normalized spacial score (nSPS) is 26.2. The third-order valence-electron chi connectivity index (χ3n) is 3.50. The number of hydrogen-bond acceptors (Lipinski definition) is 3. The second-order valence-electron chi connectivity index (χ2n) is 5.66. The van der Waals surface area contributed by atoms with Crippen molar-refractivity contribution in [2.75, 3.05) is 26.2 Å². The van der Waals surface area contributed by atoms with Gasteiger partial charge in [0.15, 0.2) is 0 Å². The molecule has 0 aromatic rings. The van der Waals surface area contributed by atoms with Gasteiger partial charge in [0.1, 0.15) is 0 Å². The zero-order valence-corrected chi connectivity index (χ0v) is 11.4. The average molecular weight is 241 g/mol. The lowest BCUT2D eigenvalue weighted by atomic mass is 9.93. The predicted octanol–water partition coefficient (Wildman–Crippen LogP) is 0.818. The van der Waals surface area contributed by atoms with Crippen LogP contribution in [0.4, 0.5) is 0 Å². The van der Waals surface area contributed by atoms with E-state index in [-0.39, 0.29) is 5.91 Å². The third kappa shape index (κ3) is 5.04. The van der Waals surface area contributed by atoms with Gasteiger partial charge in [-0.15, -0.1) is 0 Å². The Bertz CT molecular complexity index is 243. The summed E-state index contributed by atoms with van der Waals surface area (Å²) in [6.45, 7) is 9.39. The summed E-state index contributed by atoms with van der Waals surface area (Å²) >= 11 is 0. The Labute approximate surface area is 105 Å². The second-order valence-corrected chi connectivity index (χ2v) is 5.66. The first-order chi connectivity index (χ1) is 8.02. The van der Waals surface area contributed by atoms with Crippen LogP contribution in [0.15, 0.2) is 0 Å². The highest BCUT2D eigenvalue weighted by Gasteiger charge is 2.25. The summed E-state index contributed by atoms with van der Waals surface area (Å²) in [5.41, 5.74) is 5.71. The molecule has 4 heteroatoms. The monoisotopic (exact) mass is 241 g/mol. The molecule has 1 aliphatic heterocycles. The van der Waals surface area contributed by atoms with Crippen LogP contribution in [-0.2, 0) is 4.79 Å². The molecule has 100 valence electrons. The van der Waals surface area contributed by atoms with Gasteiger partial charge in [0.2, 0.25) is 5.91 Å². The minimum atomic E-state index is 0.142. The lowest BCUT2D eigenvalue weighted by Gasteiger charge is -2.37. The summed E-state index contributed by atoms with van der Waals surface area (Å²) in [6.07, 6.45) is 2.35. The number of carbonyl (C=O) groups is 1. The first-order valence-corrected chi connectivity index (χ1v) is 6.73. The molecule has 1 amide bonds. The molecule has 2 atom stereocenters. The molecule has 4 nitrogen and oxygen atoms in total. The van der Waals surface area contributed by atoms with Gasteiger partial charge in [-0.2, -0.15) is 0 Å². The lowest BCUT2D eigenvalue weighted by Crippen LogP contribution is -2.48. The smallest absolute Gasteiger partial charge is 0.234 e. The molecule has 1 rings (SSSR count). The minimum Gasteiger partial charge on any atom is -0.355 e. The minimum absolute atomic E-state index is 0.142. The van der Waals surface area contributed by atoms with Crippen molar-refractivity contribution in [3.05, 3.63) is 0 Å². The summed E-state index contributed by atoms with van der Waals surface area (Å²) in [6, 6.07) is 0.502. The van der Waals surface area contributed by atoms with Gasteiger partial charge in [-0.25, -0.2) is 0 Å². The fourth-order valence-electron chi connectivity index (χ4n) is 2.23. The van der Waals surface area contributed by atoms with Crippen LogP contribution in [0.25, 0.3) is 0 Å². The third-order valence-corrected chi connectivity index (χ3v) is 3.50. The summed E-state index contributed by atoms with van der Waals surface area (Å²) < 4.78 is 0. The molecule has 17 heavy (non-hydrogen) atoms. The standard InChI is InChI=1S/C13H27N3O/c1-10(2)7-15-13(17)9-16-8-12(6-14)5-4-11(16)3/h10-12H,4-9,14H2,1-3H3,(H,15,17). The van der Waals surface area contributed by atoms with Crippen molar-refractivity contribution in [2.24, 2.45) is 17.6 Å². The van der Waals surface area contributed by atoms with Gasteiger partial charge in [0.25, 0.3) is 0 Å². The highest BCUT2D eigenvalue weighted by Crippen LogP contribution is 2.20. The Morgan fingerprint density at radius 3 is 2.76 bits per heavy atom. The number of hydrogen-bond donors (Lipinski definition) is 2. The lowest BCUT2D eigenvalue weighted by molar-refractivity contribution is -0.123. The van der Waals surface area contributed by atoms with Crippen molar-refractivity contribution in [1.29, 1.82) is 0 Å². The molecule has 0 spiro atoms. The maximum absolute atomic E-state index is 11.8. The Morgan fingerprint density at radius 2 is 2.18 bits per heavy atom. The van der Waals surface area contributed by atoms with E-state index in [9.17, 15) is 4.79 Å². The van der Waals surface area contributed by atoms with Crippen LogP contribution in [-0.4, -0.2) is 43.0 Å². The summed E-state index contributed by atoms with van der Waals surface area (Å²) in [4.78, 5) is 14.0. The van der Waals surface area contributed by atoms with Gasteiger partial charge in [0, 0.05) is 19.1 Å². The van der Waals surface area contributed by atoms with Crippen molar-refractivity contribution in [3.8, 4) is 0 Å². The van der Waals surface area contributed by atoms with E-state index in [2.05, 4.69) is 31.0 Å². The topological polar surface area (TPSA) is 58.4 Å². The van der Waals surface area contributed by atoms with Gasteiger partial charge < -0.3 is 11.1 Å². The number of nitrogens with zero attached hydrogens (tertiary/aromatic N) is 1. The summed E-state index contributed by atoms with van der Waals surface area (Å²) in [5, 5.41) is 2.97. The van der Waals surface area contributed by atoms with Crippen LogP contribution in [0.5, 0.6) is 0 Å². The van der Waals surface area contributed by atoms with E-state index >= 15 is 0 Å². The number of amides is 1. The predicted molar refractivity (Wildman–Crippen MR) is 70.7 cm³/mol.